The van der Waals surface area contributed by atoms with Gasteiger partial charge in [-0.3, -0.25) is 0 Å². The second-order valence-corrected chi connectivity index (χ2v) is 6.63. The molecule has 0 saturated heterocycles. The minimum absolute atomic E-state index is 0.577. The van der Waals surface area contributed by atoms with Gasteiger partial charge in [0.1, 0.15) is 5.82 Å². The monoisotopic (exact) mass is 347 g/mol. The molecule has 0 saturated carbocycles. The molecule has 120 valence electrons. The van der Waals surface area contributed by atoms with Gasteiger partial charge in [-0.05, 0) is 44.4 Å². The lowest BCUT2D eigenvalue weighted by atomic mass is 10.2. The van der Waals surface area contributed by atoms with Crippen molar-refractivity contribution in [1.29, 1.82) is 0 Å². The molecule has 0 atom stereocenters. The molecule has 0 aliphatic carbocycles. The highest BCUT2D eigenvalue weighted by molar-refractivity contribution is 7.98. The number of thioether (sulfide) groups is 2. The first-order valence-corrected chi connectivity index (χ1v) is 9.42. The highest BCUT2D eigenvalue weighted by Gasteiger charge is 2.12. The quantitative estimate of drug-likeness (QED) is 0.630. The minimum Gasteiger partial charge on any atom is -0.338 e. The van der Waals surface area contributed by atoms with Gasteiger partial charge in [0.2, 0.25) is 11.7 Å². The van der Waals surface area contributed by atoms with E-state index in [0.29, 0.717) is 17.5 Å². The highest BCUT2D eigenvalue weighted by Crippen LogP contribution is 2.24. The molecule has 0 amide bonds. The van der Waals surface area contributed by atoms with E-state index in [1.807, 2.05) is 19.1 Å². The normalized spacial score (nSPS) is 11.1. The third-order valence-electron chi connectivity index (χ3n) is 3.36. The fourth-order valence-corrected chi connectivity index (χ4v) is 3.42. The maximum atomic E-state index is 5.33. The van der Waals surface area contributed by atoms with E-state index in [-0.39, 0.29) is 0 Å². The van der Waals surface area contributed by atoms with Crippen LogP contribution in [0.5, 0.6) is 0 Å². The van der Waals surface area contributed by atoms with Crippen molar-refractivity contribution in [3.05, 3.63) is 36.0 Å². The van der Waals surface area contributed by atoms with Crippen LogP contribution in [-0.2, 0) is 12.3 Å². The molecule has 0 aliphatic rings. The number of aromatic nitrogens is 5. The number of benzene rings is 1. The predicted octanol–water partition coefficient (Wildman–Crippen LogP) is 3.67. The Labute approximate surface area is 143 Å². The van der Waals surface area contributed by atoms with Crippen LogP contribution in [0, 0.1) is 6.92 Å². The van der Waals surface area contributed by atoms with Gasteiger partial charge in [-0.2, -0.15) is 4.98 Å². The third kappa shape index (κ3) is 3.59. The first-order valence-electron chi connectivity index (χ1n) is 7.21. The van der Waals surface area contributed by atoms with Crippen LogP contribution in [0.3, 0.4) is 0 Å². The van der Waals surface area contributed by atoms with E-state index in [1.165, 1.54) is 4.90 Å². The fraction of sp³-hybridized carbons (Fsp3) is 0.333. The fourth-order valence-electron chi connectivity index (χ4n) is 2.13. The Kier molecular flexibility index (Phi) is 5.02. The molecule has 8 heteroatoms. The first-order chi connectivity index (χ1) is 11.2. The molecule has 0 bridgehead atoms. The molecule has 0 aliphatic heterocycles. The van der Waals surface area contributed by atoms with E-state index >= 15 is 0 Å². The third-order valence-corrected chi connectivity index (χ3v) is 5.05. The molecule has 2 aromatic heterocycles. The van der Waals surface area contributed by atoms with Crippen molar-refractivity contribution in [2.24, 2.45) is 0 Å². The maximum absolute atomic E-state index is 5.33. The van der Waals surface area contributed by atoms with Gasteiger partial charge >= 0.3 is 0 Å². The van der Waals surface area contributed by atoms with Gasteiger partial charge in [-0.15, -0.1) is 22.0 Å². The van der Waals surface area contributed by atoms with Gasteiger partial charge in [0, 0.05) is 17.0 Å². The van der Waals surface area contributed by atoms with Gasteiger partial charge in [-0.25, -0.2) is 0 Å². The van der Waals surface area contributed by atoms with Crippen LogP contribution >= 0.6 is 23.5 Å². The number of aryl methyl sites for hydroxylation is 1. The molecule has 0 fully saturated rings. The SMILES string of the molecule is CCn1c(C)nnc1SCc1nc(-c2ccc(SC)cc2)no1. The van der Waals surface area contributed by atoms with Crippen LogP contribution in [0.2, 0.25) is 0 Å². The molecule has 1 aromatic carbocycles. The van der Waals surface area contributed by atoms with E-state index < -0.39 is 0 Å². The van der Waals surface area contributed by atoms with E-state index in [2.05, 4.69) is 50.2 Å². The van der Waals surface area contributed by atoms with Crippen molar-refractivity contribution in [1.82, 2.24) is 24.9 Å². The predicted molar refractivity (Wildman–Crippen MR) is 91.5 cm³/mol. The Bertz CT molecular complexity index is 782. The van der Waals surface area contributed by atoms with E-state index in [1.54, 1.807) is 23.5 Å². The van der Waals surface area contributed by atoms with Gasteiger partial charge in [0.05, 0.1) is 5.75 Å². The Balaban J connectivity index is 1.69. The standard InChI is InChI=1S/C15H17N5OS2/c1-4-20-10(2)17-18-15(20)23-9-13-16-14(19-21-13)11-5-7-12(22-3)8-6-11/h5-8H,4,9H2,1-3H3. The molecule has 6 nitrogen and oxygen atoms in total. The average Bonchev–Trinajstić information content (AvgIpc) is 3.19. The highest BCUT2D eigenvalue weighted by atomic mass is 32.2. The van der Waals surface area contributed by atoms with E-state index in [4.69, 9.17) is 4.52 Å². The molecule has 0 N–H and O–H groups in total. The van der Waals surface area contributed by atoms with Gasteiger partial charge in [0.25, 0.3) is 0 Å². The van der Waals surface area contributed by atoms with Crippen LogP contribution in [0.4, 0.5) is 0 Å². The van der Waals surface area contributed by atoms with Crippen LogP contribution in [0.15, 0.2) is 38.8 Å². The zero-order valence-electron chi connectivity index (χ0n) is 13.2. The Morgan fingerprint density at radius 1 is 1.17 bits per heavy atom. The summed E-state index contributed by atoms with van der Waals surface area (Å²) in [5.74, 6) is 2.69. The van der Waals surface area contributed by atoms with Crippen LogP contribution < -0.4 is 0 Å². The van der Waals surface area contributed by atoms with Crippen LogP contribution in [-0.4, -0.2) is 31.2 Å². The van der Waals surface area contributed by atoms with E-state index in [9.17, 15) is 0 Å². The van der Waals surface area contributed by atoms with Gasteiger partial charge < -0.3 is 9.09 Å². The van der Waals surface area contributed by atoms with Crippen molar-refractivity contribution in [3.8, 4) is 11.4 Å². The summed E-state index contributed by atoms with van der Waals surface area (Å²) in [6.45, 7) is 4.87. The van der Waals surface area contributed by atoms with Gasteiger partial charge in [-0.1, -0.05) is 16.9 Å². The van der Waals surface area contributed by atoms with E-state index in [0.717, 1.165) is 23.1 Å². The summed E-state index contributed by atoms with van der Waals surface area (Å²) in [6.07, 6.45) is 2.05. The average molecular weight is 347 g/mol. The summed E-state index contributed by atoms with van der Waals surface area (Å²) in [5.41, 5.74) is 0.954. The number of nitrogens with zero attached hydrogens (tertiary/aromatic N) is 5. The molecular formula is C15H17N5OS2. The molecular weight excluding hydrogens is 330 g/mol. The lowest BCUT2D eigenvalue weighted by Gasteiger charge is -2.02. The zero-order chi connectivity index (χ0) is 16.2. The minimum atomic E-state index is 0.577. The molecule has 0 spiro atoms. The number of hydrogen-bond donors (Lipinski definition) is 0. The summed E-state index contributed by atoms with van der Waals surface area (Å²) in [5, 5.41) is 13.2. The molecule has 3 rings (SSSR count). The van der Waals surface area contributed by atoms with Crippen molar-refractivity contribution in [2.75, 3.05) is 6.26 Å². The Morgan fingerprint density at radius 2 is 1.96 bits per heavy atom. The molecule has 3 aromatic rings. The second kappa shape index (κ2) is 7.18. The lowest BCUT2D eigenvalue weighted by molar-refractivity contribution is 0.391. The summed E-state index contributed by atoms with van der Waals surface area (Å²) < 4.78 is 7.39. The second-order valence-electron chi connectivity index (χ2n) is 4.80. The number of rotatable bonds is 6. The van der Waals surface area contributed by atoms with Crippen molar-refractivity contribution in [3.63, 3.8) is 0 Å². The molecule has 0 unspecified atom stereocenters. The topological polar surface area (TPSA) is 69.6 Å². The van der Waals surface area contributed by atoms with Crippen molar-refractivity contribution >= 4 is 23.5 Å². The van der Waals surface area contributed by atoms with Crippen molar-refractivity contribution < 1.29 is 4.52 Å². The largest absolute Gasteiger partial charge is 0.338 e. The summed E-state index contributed by atoms with van der Waals surface area (Å²) in [6, 6.07) is 8.12. The van der Waals surface area contributed by atoms with Crippen molar-refractivity contribution in [2.45, 2.75) is 36.2 Å². The van der Waals surface area contributed by atoms with Crippen LogP contribution in [0.25, 0.3) is 11.4 Å². The maximum Gasteiger partial charge on any atom is 0.237 e. The Hall–Kier alpha value is -1.80. The smallest absolute Gasteiger partial charge is 0.237 e. The van der Waals surface area contributed by atoms with Gasteiger partial charge in [0.15, 0.2) is 5.16 Å². The summed E-state index contributed by atoms with van der Waals surface area (Å²) in [4.78, 5) is 5.66. The zero-order valence-corrected chi connectivity index (χ0v) is 14.8. The summed E-state index contributed by atoms with van der Waals surface area (Å²) >= 11 is 3.26. The lowest BCUT2D eigenvalue weighted by Crippen LogP contribution is -1.99. The molecule has 2 heterocycles. The summed E-state index contributed by atoms with van der Waals surface area (Å²) in [7, 11) is 0. The molecule has 0 radical (unpaired) electrons. The first kappa shape index (κ1) is 16.1. The number of hydrogen-bond acceptors (Lipinski definition) is 7. The van der Waals surface area contributed by atoms with Crippen LogP contribution in [0.1, 0.15) is 18.6 Å². The molecule has 23 heavy (non-hydrogen) atoms. The Morgan fingerprint density at radius 3 is 2.65 bits per heavy atom.